The van der Waals surface area contributed by atoms with E-state index >= 15 is 0 Å². The summed E-state index contributed by atoms with van der Waals surface area (Å²) in [7, 11) is 0. The molecule has 0 bridgehead atoms. The van der Waals surface area contributed by atoms with E-state index in [1.165, 1.54) is 0 Å². The van der Waals surface area contributed by atoms with Crippen molar-refractivity contribution < 1.29 is 0 Å². The molecule has 0 aliphatic carbocycles. The predicted molar refractivity (Wildman–Crippen MR) is 57.3 cm³/mol. The van der Waals surface area contributed by atoms with Crippen molar-refractivity contribution >= 4 is 69.6 Å². The third kappa shape index (κ3) is 18.6. The Kier molecular flexibility index (Phi) is 16.2. The molecule has 11 heavy (non-hydrogen) atoms. The van der Waals surface area contributed by atoms with Crippen LogP contribution in [0, 0.1) is 0 Å². The van der Waals surface area contributed by atoms with Crippen LogP contribution in [0.15, 0.2) is 0 Å². The summed E-state index contributed by atoms with van der Waals surface area (Å²) in [5.41, 5.74) is 0. The van der Waals surface area contributed by atoms with Crippen molar-refractivity contribution in [1.29, 1.82) is 0 Å². The van der Waals surface area contributed by atoms with Gasteiger partial charge in [-0.2, -0.15) is 0 Å². The van der Waals surface area contributed by atoms with Gasteiger partial charge in [0.05, 0.1) is 11.3 Å². The van der Waals surface area contributed by atoms with Crippen LogP contribution in [-0.2, 0) is 0 Å². The second-order valence-electron chi connectivity index (χ2n) is 1.45. The Morgan fingerprint density at radius 2 is 1.00 bits per heavy atom. The molecular formula is C5H8Cl6. The molecule has 6 heteroatoms. The maximum absolute atomic E-state index is 5.39. The molecule has 0 aromatic rings. The smallest absolute Gasteiger partial charge is 0.121 e. The average molecular weight is 281 g/mol. The predicted octanol–water partition coefficient (Wildman–Crippen LogP) is 4.10. The maximum atomic E-state index is 5.39. The van der Waals surface area contributed by atoms with Gasteiger partial charge < -0.3 is 0 Å². The largest absolute Gasteiger partial charge is 0.125 e. The molecule has 0 fully saturated rings. The standard InChI is InChI=1S/C3H5Cl3.C2H3Cl3/c4-1-3(6)2-5;3-1-2(4)5/h3H,1-2H2;2H,1H2. The van der Waals surface area contributed by atoms with Crippen LogP contribution in [0.5, 0.6) is 0 Å². The van der Waals surface area contributed by atoms with Crippen molar-refractivity contribution in [3.8, 4) is 0 Å². The van der Waals surface area contributed by atoms with Crippen molar-refractivity contribution in [3.63, 3.8) is 0 Å². The molecule has 0 saturated carbocycles. The molecule has 0 aliphatic rings. The highest BCUT2D eigenvalue weighted by atomic mass is 35.5. The van der Waals surface area contributed by atoms with E-state index in [0.717, 1.165) is 0 Å². The van der Waals surface area contributed by atoms with Crippen molar-refractivity contribution in [2.45, 2.75) is 10.2 Å². The first-order chi connectivity index (χ1) is 5.08. The van der Waals surface area contributed by atoms with Crippen LogP contribution >= 0.6 is 69.6 Å². The van der Waals surface area contributed by atoms with E-state index in [1.54, 1.807) is 0 Å². The monoisotopic (exact) mass is 278 g/mol. The first kappa shape index (κ1) is 15.2. The van der Waals surface area contributed by atoms with Gasteiger partial charge in [0.25, 0.3) is 0 Å². The molecule has 0 amide bonds. The van der Waals surface area contributed by atoms with E-state index in [4.69, 9.17) is 69.6 Å². The minimum absolute atomic E-state index is 0.0617. The molecule has 0 saturated heterocycles. The summed E-state index contributed by atoms with van der Waals surface area (Å²) >= 11 is 31.1. The highest BCUT2D eigenvalue weighted by molar-refractivity contribution is 6.47. The number of halogens is 6. The van der Waals surface area contributed by atoms with Gasteiger partial charge in [-0.3, -0.25) is 0 Å². The third-order valence-corrected chi connectivity index (χ3v) is 2.75. The summed E-state index contributed by atoms with van der Waals surface area (Å²) in [5, 5.41) is -0.0617. The van der Waals surface area contributed by atoms with Gasteiger partial charge in [-0.25, -0.2) is 0 Å². The number of hydrogen-bond donors (Lipinski definition) is 0. The lowest BCUT2D eigenvalue weighted by atomic mass is 10.6. The normalized spacial score (nSPS) is 9.82. The fourth-order valence-electron chi connectivity index (χ4n) is 0.0412. The van der Waals surface area contributed by atoms with E-state index in [1.807, 2.05) is 0 Å². The van der Waals surface area contributed by atoms with Crippen LogP contribution in [-0.4, -0.2) is 27.9 Å². The maximum Gasteiger partial charge on any atom is 0.121 e. The topological polar surface area (TPSA) is 0 Å². The summed E-state index contributed by atoms with van der Waals surface area (Å²) < 4.78 is 0. The van der Waals surface area contributed by atoms with Gasteiger partial charge in [0.1, 0.15) is 4.84 Å². The Morgan fingerprint density at radius 1 is 0.727 bits per heavy atom. The lowest BCUT2D eigenvalue weighted by molar-refractivity contribution is 1.12. The van der Waals surface area contributed by atoms with Crippen molar-refractivity contribution in [2.75, 3.05) is 17.6 Å². The first-order valence-corrected chi connectivity index (χ1v) is 5.59. The fourth-order valence-corrected chi connectivity index (χ4v) is 0.371. The quantitative estimate of drug-likeness (QED) is 0.683. The van der Waals surface area contributed by atoms with Crippen molar-refractivity contribution in [2.24, 2.45) is 0 Å². The Morgan fingerprint density at radius 3 is 1.00 bits per heavy atom. The van der Waals surface area contributed by atoms with Gasteiger partial charge in [-0.05, 0) is 0 Å². The van der Waals surface area contributed by atoms with Gasteiger partial charge in [0.15, 0.2) is 0 Å². The molecule has 0 aromatic carbocycles. The zero-order valence-corrected chi connectivity index (χ0v) is 10.1. The highest BCUT2D eigenvalue weighted by Gasteiger charge is 1.95. The minimum atomic E-state index is -0.406. The minimum Gasteiger partial charge on any atom is -0.125 e. The van der Waals surface area contributed by atoms with Gasteiger partial charge >= 0.3 is 0 Å². The Balaban J connectivity index is 0. The van der Waals surface area contributed by atoms with Crippen LogP contribution < -0.4 is 0 Å². The number of rotatable bonds is 3. The molecule has 0 atom stereocenters. The van der Waals surface area contributed by atoms with E-state index in [9.17, 15) is 0 Å². The molecule has 0 rings (SSSR count). The van der Waals surface area contributed by atoms with E-state index in [-0.39, 0.29) is 5.38 Å². The first-order valence-electron chi connectivity index (χ1n) is 2.68. The van der Waals surface area contributed by atoms with Crippen LogP contribution in [0.1, 0.15) is 0 Å². The molecule has 0 spiro atoms. The van der Waals surface area contributed by atoms with E-state index in [2.05, 4.69) is 0 Å². The summed E-state index contributed by atoms with van der Waals surface area (Å²) in [5.74, 6) is 1.18. The summed E-state index contributed by atoms with van der Waals surface area (Å²) in [4.78, 5) is -0.406. The second kappa shape index (κ2) is 11.7. The molecule has 0 aromatic heterocycles. The number of hydrogen-bond acceptors (Lipinski definition) is 0. The third-order valence-electron chi connectivity index (χ3n) is 0.452. The average Bonchev–Trinajstić information content (AvgIpc) is 2.04. The molecule has 70 valence electrons. The van der Waals surface area contributed by atoms with E-state index < -0.39 is 4.84 Å². The lowest BCUT2D eigenvalue weighted by Gasteiger charge is -1.92. The van der Waals surface area contributed by atoms with Crippen LogP contribution in [0.2, 0.25) is 0 Å². The Bertz CT molecular complexity index is 62.0. The van der Waals surface area contributed by atoms with Crippen LogP contribution in [0.3, 0.4) is 0 Å². The number of alkyl halides is 6. The zero-order valence-electron chi connectivity index (χ0n) is 5.54. The summed E-state index contributed by atoms with van der Waals surface area (Å²) in [6, 6.07) is 0. The molecule has 0 aliphatic heterocycles. The highest BCUT2D eigenvalue weighted by Crippen LogP contribution is 2.01. The second-order valence-corrected chi connectivity index (χ2v) is 4.27. The Labute approximate surface area is 97.0 Å². The van der Waals surface area contributed by atoms with Crippen LogP contribution in [0.25, 0.3) is 0 Å². The van der Waals surface area contributed by atoms with Gasteiger partial charge in [-0.15, -0.1) is 69.6 Å². The summed E-state index contributed by atoms with van der Waals surface area (Å²) in [6.45, 7) is 0. The van der Waals surface area contributed by atoms with Gasteiger partial charge in [0.2, 0.25) is 0 Å². The van der Waals surface area contributed by atoms with Gasteiger partial charge in [0, 0.05) is 11.8 Å². The molecule has 0 nitrogen and oxygen atoms in total. The SMILES string of the molecule is ClCC(Cl)CCl.ClCC(Cl)Cl. The fraction of sp³-hybridized carbons (Fsp3) is 1.00. The molecule has 0 radical (unpaired) electrons. The van der Waals surface area contributed by atoms with Crippen LogP contribution in [0.4, 0.5) is 0 Å². The Hall–Kier alpha value is 1.74. The molecule has 0 heterocycles. The zero-order chi connectivity index (χ0) is 9.28. The van der Waals surface area contributed by atoms with Gasteiger partial charge in [-0.1, -0.05) is 0 Å². The van der Waals surface area contributed by atoms with E-state index in [0.29, 0.717) is 17.6 Å². The van der Waals surface area contributed by atoms with Crippen molar-refractivity contribution in [3.05, 3.63) is 0 Å². The molecule has 0 unspecified atom stereocenters. The van der Waals surface area contributed by atoms with Crippen molar-refractivity contribution in [1.82, 2.24) is 0 Å². The molecule has 0 N–H and O–H groups in total. The summed E-state index contributed by atoms with van der Waals surface area (Å²) in [6.07, 6.45) is 0. The lowest BCUT2D eigenvalue weighted by Crippen LogP contribution is -1.99. The molecular weight excluding hydrogens is 273 g/mol.